The van der Waals surface area contributed by atoms with E-state index in [-0.39, 0.29) is 11.5 Å². The molecular formula is C20H31NO2. The van der Waals surface area contributed by atoms with Crippen molar-refractivity contribution in [1.29, 1.82) is 0 Å². The van der Waals surface area contributed by atoms with Crippen molar-refractivity contribution in [1.82, 2.24) is 4.90 Å². The number of benzene rings is 1. The normalized spacial score (nSPS) is 19.6. The summed E-state index contributed by atoms with van der Waals surface area (Å²) in [6.07, 6.45) is 1.98. The zero-order chi connectivity index (χ0) is 17.3. The van der Waals surface area contributed by atoms with E-state index in [0.717, 1.165) is 25.9 Å². The van der Waals surface area contributed by atoms with Gasteiger partial charge in [-0.05, 0) is 50.2 Å². The Labute approximate surface area is 141 Å². The van der Waals surface area contributed by atoms with Crippen molar-refractivity contribution in [2.75, 3.05) is 13.1 Å². The average molecular weight is 317 g/mol. The van der Waals surface area contributed by atoms with Gasteiger partial charge in [-0.25, -0.2) is 4.79 Å². The Balaban J connectivity index is 2.05. The number of hydrogen-bond acceptors (Lipinski definition) is 2. The summed E-state index contributed by atoms with van der Waals surface area (Å²) in [5, 5.41) is 0. The minimum Gasteiger partial charge on any atom is -0.444 e. The molecule has 1 atom stereocenters. The van der Waals surface area contributed by atoms with E-state index in [4.69, 9.17) is 4.74 Å². The molecule has 3 nitrogen and oxygen atoms in total. The number of piperidine rings is 1. The predicted octanol–water partition coefficient (Wildman–Crippen LogP) is 5.10. The molecule has 1 saturated heterocycles. The maximum absolute atomic E-state index is 12.3. The maximum Gasteiger partial charge on any atom is 0.410 e. The number of likely N-dealkylation sites (tertiary alicyclic amines) is 1. The second kappa shape index (κ2) is 6.54. The fourth-order valence-electron chi connectivity index (χ4n) is 3.00. The van der Waals surface area contributed by atoms with Gasteiger partial charge in [0, 0.05) is 19.0 Å². The van der Waals surface area contributed by atoms with Crippen molar-refractivity contribution in [3.8, 4) is 0 Å². The van der Waals surface area contributed by atoms with Crippen LogP contribution in [0.15, 0.2) is 24.3 Å². The Hall–Kier alpha value is -1.51. The first-order chi connectivity index (χ1) is 10.6. The Kier molecular flexibility index (Phi) is 5.07. The Morgan fingerprint density at radius 1 is 1.09 bits per heavy atom. The zero-order valence-corrected chi connectivity index (χ0v) is 15.5. The van der Waals surface area contributed by atoms with E-state index in [0.29, 0.717) is 5.92 Å². The second-order valence-electron chi connectivity index (χ2n) is 8.64. The molecule has 0 bridgehead atoms. The molecule has 0 saturated carbocycles. The van der Waals surface area contributed by atoms with E-state index in [1.807, 2.05) is 25.7 Å². The first-order valence-electron chi connectivity index (χ1n) is 8.64. The largest absolute Gasteiger partial charge is 0.444 e. The molecule has 0 aromatic heterocycles. The molecule has 3 heteroatoms. The topological polar surface area (TPSA) is 29.5 Å². The van der Waals surface area contributed by atoms with Crippen molar-refractivity contribution < 1.29 is 9.53 Å². The molecule has 1 aliphatic rings. The summed E-state index contributed by atoms with van der Waals surface area (Å²) >= 11 is 0. The van der Waals surface area contributed by atoms with Gasteiger partial charge in [-0.1, -0.05) is 45.0 Å². The summed E-state index contributed by atoms with van der Waals surface area (Å²) in [5.74, 6) is 0.408. The molecule has 1 aliphatic heterocycles. The summed E-state index contributed by atoms with van der Waals surface area (Å²) in [5.41, 5.74) is 2.42. The highest BCUT2D eigenvalue weighted by molar-refractivity contribution is 5.68. The lowest BCUT2D eigenvalue weighted by atomic mass is 9.84. The number of amides is 1. The highest BCUT2D eigenvalue weighted by atomic mass is 16.6. The zero-order valence-electron chi connectivity index (χ0n) is 15.5. The second-order valence-corrected chi connectivity index (χ2v) is 8.64. The Morgan fingerprint density at radius 2 is 1.70 bits per heavy atom. The van der Waals surface area contributed by atoms with E-state index in [1.54, 1.807) is 0 Å². The Morgan fingerprint density at radius 3 is 2.22 bits per heavy atom. The maximum atomic E-state index is 12.3. The molecule has 1 amide bonds. The van der Waals surface area contributed by atoms with Gasteiger partial charge < -0.3 is 9.64 Å². The van der Waals surface area contributed by atoms with Crippen molar-refractivity contribution >= 4 is 6.09 Å². The first-order valence-corrected chi connectivity index (χ1v) is 8.64. The number of nitrogens with zero attached hydrogens (tertiary/aromatic N) is 1. The number of carbonyl (C=O) groups is 1. The highest BCUT2D eigenvalue weighted by Gasteiger charge is 2.28. The number of ether oxygens (including phenoxy) is 1. The van der Waals surface area contributed by atoms with Crippen LogP contribution in [0.1, 0.15) is 71.4 Å². The van der Waals surface area contributed by atoms with Gasteiger partial charge >= 0.3 is 6.09 Å². The van der Waals surface area contributed by atoms with Crippen LogP contribution in [0.25, 0.3) is 0 Å². The van der Waals surface area contributed by atoms with Crippen LogP contribution >= 0.6 is 0 Å². The molecule has 1 fully saturated rings. The molecule has 0 N–H and O–H groups in total. The van der Waals surface area contributed by atoms with Crippen LogP contribution in [0.5, 0.6) is 0 Å². The number of carbonyl (C=O) groups excluding carboxylic acids is 1. The quantitative estimate of drug-likeness (QED) is 0.721. The van der Waals surface area contributed by atoms with Crippen molar-refractivity contribution in [2.24, 2.45) is 0 Å². The van der Waals surface area contributed by atoms with E-state index in [9.17, 15) is 4.79 Å². The third-order valence-electron chi connectivity index (χ3n) is 4.32. The lowest BCUT2D eigenvalue weighted by molar-refractivity contribution is 0.0198. The van der Waals surface area contributed by atoms with E-state index >= 15 is 0 Å². The fourth-order valence-corrected chi connectivity index (χ4v) is 3.00. The molecule has 128 valence electrons. The summed E-state index contributed by atoms with van der Waals surface area (Å²) in [6.45, 7) is 14.0. The van der Waals surface area contributed by atoms with Crippen LogP contribution in [-0.4, -0.2) is 29.7 Å². The summed E-state index contributed by atoms with van der Waals surface area (Å²) in [4.78, 5) is 14.1. The van der Waals surface area contributed by atoms with Crippen molar-refractivity contribution in [3.63, 3.8) is 0 Å². The smallest absolute Gasteiger partial charge is 0.410 e. The van der Waals surface area contributed by atoms with Crippen LogP contribution < -0.4 is 0 Å². The van der Waals surface area contributed by atoms with Gasteiger partial charge in [0.1, 0.15) is 5.60 Å². The summed E-state index contributed by atoms with van der Waals surface area (Å²) in [7, 11) is 0. The standard InChI is InChI=1S/C20H31NO2/c1-19(2,3)17-11-9-15(10-12-17)16-8-7-13-21(14-16)18(22)23-20(4,5)6/h9-12,16H,7-8,13-14H2,1-6H3. The van der Waals surface area contributed by atoms with Gasteiger partial charge in [-0.15, -0.1) is 0 Å². The monoisotopic (exact) mass is 317 g/mol. The molecule has 2 rings (SSSR count). The molecule has 0 radical (unpaired) electrons. The predicted molar refractivity (Wildman–Crippen MR) is 94.9 cm³/mol. The summed E-state index contributed by atoms with van der Waals surface area (Å²) in [6, 6.07) is 8.90. The van der Waals surface area contributed by atoms with Gasteiger partial charge in [-0.2, -0.15) is 0 Å². The molecule has 0 spiro atoms. The number of hydrogen-bond donors (Lipinski definition) is 0. The van der Waals surface area contributed by atoms with E-state index < -0.39 is 5.60 Å². The minimum atomic E-state index is -0.432. The van der Waals surface area contributed by atoms with Gasteiger partial charge in [0.05, 0.1) is 0 Å². The van der Waals surface area contributed by atoms with Gasteiger partial charge in [0.15, 0.2) is 0 Å². The lowest BCUT2D eigenvalue weighted by Crippen LogP contribution is -2.42. The van der Waals surface area contributed by atoms with Crippen LogP contribution in [0.3, 0.4) is 0 Å². The SMILES string of the molecule is CC(C)(C)OC(=O)N1CCCC(c2ccc(C(C)(C)C)cc2)C1. The third kappa shape index (κ3) is 4.98. The van der Waals surface area contributed by atoms with Crippen molar-refractivity contribution in [3.05, 3.63) is 35.4 Å². The van der Waals surface area contributed by atoms with Crippen molar-refractivity contribution in [2.45, 2.75) is 71.3 Å². The number of rotatable bonds is 1. The van der Waals surface area contributed by atoms with Gasteiger partial charge in [0.2, 0.25) is 0 Å². The molecule has 1 unspecified atom stereocenters. The minimum absolute atomic E-state index is 0.174. The molecule has 1 aromatic rings. The van der Waals surface area contributed by atoms with E-state index in [1.165, 1.54) is 11.1 Å². The lowest BCUT2D eigenvalue weighted by Gasteiger charge is -2.34. The van der Waals surface area contributed by atoms with Gasteiger partial charge in [-0.3, -0.25) is 0 Å². The summed E-state index contributed by atoms with van der Waals surface area (Å²) < 4.78 is 5.51. The van der Waals surface area contributed by atoms with E-state index in [2.05, 4.69) is 45.0 Å². The molecule has 1 aromatic carbocycles. The molecular weight excluding hydrogens is 286 g/mol. The van der Waals surface area contributed by atoms with Crippen LogP contribution in [0.4, 0.5) is 4.79 Å². The molecule has 0 aliphatic carbocycles. The first kappa shape index (κ1) is 17.8. The molecule has 23 heavy (non-hydrogen) atoms. The third-order valence-corrected chi connectivity index (χ3v) is 4.32. The van der Waals surface area contributed by atoms with Crippen LogP contribution in [0.2, 0.25) is 0 Å². The molecule has 1 heterocycles. The average Bonchev–Trinajstić information content (AvgIpc) is 2.45. The Bertz CT molecular complexity index is 534. The highest BCUT2D eigenvalue weighted by Crippen LogP contribution is 2.30. The van der Waals surface area contributed by atoms with Crippen LogP contribution in [0, 0.1) is 0 Å². The van der Waals surface area contributed by atoms with Crippen LogP contribution in [-0.2, 0) is 10.2 Å². The fraction of sp³-hybridized carbons (Fsp3) is 0.650. The van der Waals surface area contributed by atoms with Gasteiger partial charge in [0.25, 0.3) is 0 Å².